The molecule has 0 aromatic heterocycles. The zero-order chi connectivity index (χ0) is 21.7. The zero-order valence-corrected chi connectivity index (χ0v) is 19.2. The summed E-state index contributed by atoms with van der Waals surface area (Å²) in [6.45, 7) is 13.2. The Morgan fingerprint density at radius 1 is 1.13 bits per heavy atom. The highest BCUT2D eigenvalue weighted by Crippen LogP contribution is 2.29. The maximum Gasteiger partial charge on any atom is 0.234 e. The van der Waals surface area contributed by atoms with Crippen LogP contribution in [0.5, 0.6) is 0 Å². The molecule has 0 saturated carbocycles. The van der Waals surface area contributed by atoms with Gasteiger partial charge in [-0.3, -0.25) is 14.6 Å². The summed E-state index contributed by atoms with van der Waals surface area (Å²) in [5.41, 5.74) is 1.02. The molecule has 0 bridgehead atoms. The Balaban J connectivity index is 1.51. The molecule has 2 fully saturated rings. The van der Waals surface area contributed by atoms with E-state index in [1.807, 2.05) is 0 Å². The van der Waals surface area contributed by atoms with Crippen LogP contribution in [0.2, 0.25) is 0 Å². The van der Waals surface area contributed by atoms with E-state index in [4.69, 9.17) is 0 Å². The van der Waals surface area contributed by atoms with Crippen molar-refractivity contribution in [1.29, 1.82) is 0 Å². The van der Waals surface area contributed by atoms with E-state index >= 15 is 0 Å². The van der Waals surface area contributed by atoms with Crippen LogP contribution in [0.1, 0.15) is 51.6 Å². The number of nitrogens with zero attached hydrogens (tertiary/aromatic N) is 3. The molecule has 30 heavy (non-hydrogen) atoms. The van der Waals surface area contributed by atoms with Gasteiger partial charge in [-0.2, -0.15) is 0 Å². The molecule has 6 heteroatoms. The van der Waals surface area contributed by atoms with E-state index in [1.165, 1.54) is 31.5 Å². The molecule has 0 aliphatic carbocycles. The lowest BCUT2D eigenvalue weighted by molar-refractivity contribution is -0.123. The predicted molar refractivity (Wildman–Crippen MR) is 120 cm³/mol. The number of piperidine rings is 1. The molecular weight excluding hydrogens is 379 g/mol. The van der Waals surface area contributed by atoms with Crippen LogP contribution in [0, 0.1) is 11.2 Å². The van der Waals surface area contributed by atoms with Gasteiger partial charge in [0.25, 0.3) is 0 Å². The Morgan fingerprint density at radius 2 is 1.80 bits per heavy atom. The van der Waals surface area contributed by atoms with Gasteiger partial charge in [0, 0.05) is 38.8 Å². The van der Waals surface area contributed by atoms with Crippen molar-refractivity contribution in [1.82, 2.24) is 20.0 Å². The molecule has 1 aromatic rings. The molecule has 2 atom stereocenters. The van der Waals surface area contributed by atoms with Crippen molar-refractivity contribution in [3.05, 3.63) is 35.6 Å². The topological polar surface area (TPSA) is 38.8 Å². The number of hydrogen-bond donors (Lipinski definition) is 1. The van der Waals surface area contributed by atoms with Gasteiger partial charge in [0.15, 0.2) is 0 Å². The second-order valence-electron chi connectivity index (χ2n) is 10.3. The summed E-state index contributed by atoms with van der Waals surface area (Å²) in [5.74, 6) is -0.193. The fourth-order valence-corrected chi connectivity index (χ4v) is 4.73. The van der Waals surface area contributed by atoms with Crippen LogP contribution in [0.4, 0.5) is 4.39 Å². The third kappa shape index (κ3) is 7.03. The van der Waals surface area contributed by atoms with Gasteiger partial charge in [0.05, 0.1) is 12.6 Å². The number of amides is 1. The van der Waals surface area contributed by atoms with Gasteiger partial charge in [-0.1, -0.05) is 32.9 Å². The monoisotopic (exact) mass is 418 g/mol. The van der Waals surface area contributed by atoms with E-state index < -0.39 is 0 Å². The van der Waals surface area contributed by atoms with E-state index in [0.29, 0.717) is 12.6 Å². The van der Waals surface area contributed by atoms with Crippen molar-refractivity contribution in [2.45, 2.75) is 52.1 Å². The molecule has 2 aliphatic heterocycles. The molecule has 1 aromatic carbocycles. The van der Waals surface area contributed by atoms with Crippen LogP contribution in [0.25, 0.3) is 0 Å². The molecule has 1 N–H and O–H groups in total. The Morgan fingerprint density at radius 3 is 2.40 bits per heavy atom. The molecule has 0 radical (unpaired) electrons. The zero-order valence-electron chi connectivity index (χ0n) is 19.2. The van der Waals surface area contributed by atoms with Crippen LogP contribution in [0.15, 0.2) is 24.3 Å². The minimum atomic E-state index is -0.249. The van der Waals surface area contributed by atoms with Gasteiger partial charge in [-0.05, 0) is 56.0 Å². The summed E-state index contributed by atoms with van der Waals surface area (Å²) >= 11 is 0. The normalized spacial score (nSPS) is 23.3. The Labute approximate surface area is 181 Å². The molecule has 5 nitrogen and oxygen atoms in total. The fourth-order valence-electron chi connectivity index (χ4n) is 4.73. The number of piperazine rings is 1. The molecule has 1 amide bonds. The van der Waals surface area contributed by atoms with E-state index in [-0.39, 0.29) is 23.2 Å². The molecule has 2 unspecified atom stereocenters. The summed E-state index contributed by atoms with van der Waals surface area (Å²) < 4.78 is 13.3. The lowest BCUT2D eigenvalue weighted by atomic mass is 9.85. The number of hydrogen-bond acceptors (Lipinski definition) is 4. The second-order valence-corrected chi connectivity index (χ2v) is 10.3. The molecule has 0 spiro atoms. The van der Waals surface area contributed by atoms with Crippen molar-refractivity contribution in [3.63, 3.8) is 0 Å². The molecule has 168 valence electrons. The number of benzene rings is 1. The van der Waals surface area contributed by atoms with Crippen LogP contribution in [-0.4, -0.2) is 79.5 Å². The Kier molecular flexibility index (Phi) is 7.88. The molecule has 3 rings (SSSR count). The second kappa shape index (κ2) is 10.2. The van der Waals surface area contributed by atoms with Crippen molar-refractivity contribution in [2.75, 3.05) is 52.9 Å². The van der Waals surface area contributed by atoms with E-state index in [0.717, 1.165) is 44.7 Å². The first kappa shape index (κ1) is 23.2. The van der Waals surface area contributed by atoms with E-state index in [2.05, 4.69) is 47.8 Å². The predicted octanol–water partition coefficient (Wildman–Crippen LogP) is 3.13. The van der Waals surface area contributed by atoms with Crippen molar-refractivity contribution < 1.29 is 9.18 Å². The maximum absolute atomic E-state index is 13.3. The van der Waals surface area contributed by atoms with Crippen molar-refractivity contribution in [2.24, 2.45) is 5.41 Å². The van der Waals surface area contributed by atoms with Crippen LogP contribution < -0.4 is 5.32 Å². The third-order valence-electron chi connectivity index (χ3n) is 6.31. The number of carbonyl (C=O) groups is 1. The van der Waals surface area contributed by atoms with Gasteiger partial charge in [-0.15, -0.1) is 0 Å². The lowest BCUT2D eigenvalue weighted by Gasteiger charge is -2.42. The lowest BCUT2D eigenvalue weighted by Crippen LogP contribution is -2.55. The number of likely N-dealkylation sites (tertiary alicyclic amines) is 1. The summed E-state index contributed by atoms with van der Waals surface area (Å²) in [4.78, 5) is 20.1. The average molecular weight is 419 g/mol. The van der Waals surface area contributed by atoms with Crippen molar-refractivity contribution >= 4 is 5.91 Å². The SMILES string of the molecule is CN1CCCC(N2CCN(CC(=O)NC(CC(C)(C)C)c3ccc(F)cc3)CC2)C1. The fraction of sp³-hybridized carbons (Fsp3) is 0.708. The third-order valence-corrected chi connectivity index (χ3v) is 6.31. The smallest absolute Gasteiger partial charge is 0.234 e. The molecule has 2 heterocycles. The Hall–Kier alpha value is -1.50. The standard InChI is InChI=1S/C24H39FN4O/c1-24(2,3)16-22(19-7-9-20(25)10-8-19)26-23(30)18-28-12-14-29(15-13-28)21-6-5-11-27(4)17-21/h7-10,21-22H,5-6,11-18H2,1-4H3,(H,26,30). The first-order chi connectivity index (χ1) is 14.2. The van der Waals surface area contributed by atoms with Crippen molar-refractivity contribution in [3.8, 4) is 0 Å². The summed E-state index contributed by atoms with van der Waals surface area (Å²) in [5, 5.41) is 3.21. The van der Waals surface area contributed by atoms with Gasteiger partial charge in [0.1, 0.15) is 5.82 Å². The number of halogens is 1. The van der Waals surface area contributed by atoms with Crippen LogP contribution >= 0.6 is 0 Å². The average Bonchev–Trinajstić information content (AvgIpc) is 2.67. The quantitative estimate of drug-likeness (QED) is 0.770. The van der Waals surface area contributed by atoms with Gasteiger partial charge < -0.3 is 10.2 Å². The van der Waals surface area contributed by atoms with E-state index in [9.17, 15) is 9.18 Å². The minimum absolute atomic E-state index is 0.0550. The molecule has 2 saturated heterocycles. The maximum atomic E-state index is 13.3. The Bertz CT molecular complexity index is 679. The van der Waals surface area contributed by atoms with Gasteiger partial charge in [-0.25, -0.2) is 4.39 Å². The summed E-state index contributed by atoms with van der Waals surface area (Å²) in [6.07, 6.45) is 3.38. The number of rotatable bonds is 6. The van der Waals surface area contributed by atoms with Crippen LogP contribution in [-0.2, 0) is 4.79 Å². The molecule has 2 aliphatic rings. The number of likely N-dealkylation sites (N-methyl/N-ethyl adjacent to an activating group) is 1. The summed E-state index contributed by atoms with van der Waals surface area (Å²) in [7, 11) is 2.21. The molecular formula is C24H39FN4O. The number of carbonyl (C=O) groups excluding carboxylic acids is 1. The largest absolute Gasteiger partial charge is 0.348 e. The highest BCUT2D eigenvalue weighted by atomic mass is 19.1. The van der Waals surface area contributed by atoms with Gasteiger partial charge >= 0.3 is 0 Å². The first-order valence-electron chi connectivity index (χ1n) is 11.4. The summed E-state index contributed by atoms with van der Waals surface area (Å²) in [6, 6.07) is 7.07. The van der Waals surface area contributed by atoms with Crippen LogP contribution in [0.3, 0.4) is 0 Å². The first-order valence-corrected chi connectivity index (χ1v) is 11.4. The van der Waals surface area contributed by atoms with E-state index in [1.54, 1.807) is 12.1 Å². The minimum Gasteiger partial charge on any atom is -0.348 e. The highest BCUT2D eigenvalue weighted by molar-refractivity contribution is 5.78. The van der Waals surface area contributed by atoms with Gasteiger partial charge in [0.2, 0.25) is 5.91 Å². The number of nitrogens with one attached hydrogen (secondary N) is 1. The highest BCUT2D eigenvalue weighted by Gasteiger charge is 2.28.